The Morgan fingerprint density at radius 1 is 1.03 bits per heavy atom. The lowest BCUT2D eigenvalue weighted by Gasteiger charge is -2.36. The number of halogens is 2. The monoisotopic (exact) mass is 422 g/mol. The van der Waals surface area contributed by atoms with E-state index in [-0.39, 0.29) is 11.9 Å². The van der Waals surface area contributed by atoms with Crippen LogP contribution in [0.5, 0.6) is 0 Å². The lowest BCUT2D eigenvalue weighted by Crippen LogP contribution is -2.46. The number of aromatic nitrogens is 2. The Morgan fingerprint density at radius 2 is 1.81 bits per heavy atom. The van der Waals surface area contributed by atoms with E-state index in [4.69, 9.17) is 9.97 Å². The number of hydrogen-bond donors (Lipinski definition) is 1. The summed E-state index contributed by atoms with van der Waals surface area (Å²) in [5, 5.41) is 12.6. The van der Waals surface area contributed by atoms with Crippen LogP contribution in [0.15, 0.2) is 36.4 Å². The minimum absolute atomic E-state index is 0.182. The van der Waals surface area contributed by atoms with E-state index in [0.717, 1.165) is 17.4 Å². The Kier molecular flexibility index (Phi) is 5.96. The summed E-state index contributed by atoms with van der Waals surface area (Å²) in [6.45, 7) is 7.19. The number of nitrogens with one attached hydrogen (secondary N) is 1. The van der Waals surface area contributed by atoms with Gasteiger partial charge in [0.1, 0.15) is 11.6 Å². The molecule has 1 saturated heterocycles. The molecule has 4 rings (SSSR count). The van der Waals surface area contributed by atoms with E-state index in [1.165, 1.54) is 12.1 Å². The van der Waals surface area contributed by atoms with Crippen LogP contribution in [-0.2, 0) is 6.54 Å². The van der Waals surface area contributed by atoms with Gasteiger partial charge in [0.25, 0.3) is 0 Å². The minimum Gasteiger partial charge on any atom is -0.365 e. The third-order valence-corrected chi connectivity index (χ3v) is 5.27. The second-order valence-electron chi connectivity index (χ2n) is 8.01. The second kappa shape index (κ2) is 8.82. The van der Waals surface area contributed by atoms with E-state index in [1.54, 1.807) is 12.1 Å². The van der Waals surface area contributed by atoms with Crippen molar-refractivity contribution in [2.75, 3.05) is 36.4 Å². The molecule has 1 aromatic heterocycles. The van der Waals surface area contributed by atoms with Crippen molar-refractivity contribution in [3.63, 3.8) is 0 Å². The first-order valence-electron chi connectivity index (χ1n) is 10.3. The lowest BCUT2D eigenvalue weighted by molar-refractivity contribution is 0.246. The lowest BCUT2D eigenvalue weighted by atomic mass is 10.1. The first kappa shape index (κ1) is 20.9. The second-order valence-corrected chi connectivity index (χ2v) is 8.01. The van der Waals surface area contributed by atoms with Crippen molar-refractivity contribution in [2.45, 2.75) is 26.4 Å². The quantitative estimate of drug-likeness (QED) is 0.672. The molecular weight excluding hydrogens is 398 g/mol. The molecule has 160 valence electrons. The molecule has 0 atom stereocenters. The summed E-state index contributed by atoms with van der Waals surface area (Å²) in [7, 11) is 0. The molecule has 0 saturated carbocycles. The van der Waals surface area contributed by atoms with Gasteiger partial charge in [-0.2, -0.15) is 5.26 Å². The minimum atomic E-state index is -0.428. The largest absolute Gasteiger partial charge is 0.365 e. The molecule has 2 aromatic carbocycles. The van der Waals surface area contributed by atoms with E-state index in [2.05, 4.69) is 21.2 Å². The van der Waals surface area contributed by atoms with Crippen LogP contribution in [0.2, 0.25) is 0 Å². The van der Waals surface area contributed by atoms with Gasteiger partial charge in [-0.3, -0.25) is 4.90 Å². The van der Waals surface area contributed by atoms with E-state index < -0.39 is 5.82 Å². The van der Waals surface area contributed by atoms with Gasteiger partial charge >= 0.3 is 0 Å². The van der Waals surface area contributed by atoms with E-state index in [9.17, 15) is 14.0 Å². The fourth-order valence-corrected chi connectivity index (χ4v) is 3.73. The summed E-state index contributed by atoms with van der Waals surface area (Å²) < 4.78 is 27.5. The molecule has 1 N–H and O–H groups in total. The van der Waals surface area contributed by atoms with Crippen LogP contribution >= 0.6 is 0 Å². The maximum Gasteiger partial charge on any atom is 0.172 e. The van der Waals surface area contributed by atoms with Gasteiger partial charge < -0.3 is 10.2 Å². The molecule has 0 radical (unpaired) electrons. The summed E-state index contributed by atoms with van der Waals surface area (Å²) >= 11 is 0. The number of rotatable bonds is 5. The van der Waals surface area contributed by atoms with Gasteiger partial charge in [-0.1, -0.05) is 0 Å². The van der Waals surface area contributed by atoms with Crippen LogP contribution in [0.1, 0.15) is 25.0 Å². The predicted octanol–water partition coefficient (Wildman–Crippen LogP) is 3.92. The third kappa shape index (κ3) is 4.72. The topological polar surface area (TPSA) is 68.1 Å². The van der Waals surface area contributed by atoms with Gasteiger partial charge in [0, 0.05) is 44.3 Å². The molecule has 1 aliphatic rings. The molecule has 0 aliphatic carbocycles. The molecule has 31 heavy (non-hydrogen) atoms. The highest BCUT2D eigenvalue weighted by Gasteiger charge is 2.23. The number of nitrogens with zero attached hydrogens (tertiary/aromatic N) is 5. The highest BCUT2D eigenvalue weighted by atomic mass is 19.1. The number of benzene rings is 2. The first-order valence-corrected chi connectivity index (χ1v) is 10.3. The Bertz CT molecular complexity index is 1130. The smallest absolute Gasteiger partial charge is 0.172 e. The third-order valence-electron chi connectivity index (χ3n) is 5.27. The summed E-state index contributed by atoms with van der Waals surface area (Å²) in [4.78, 5) is 13.8. The average Bonchev–Trinajstić information content (AvgIpc) is 2.76. The summed E-state index contributed by atoms with van der Waals surface area (Å²) in [6, 6.07) is 11.2. The molecule has 0 bridgehead atoms. The molecular formula is C23H24F2N6. The molecule has 1 fully saturated rings. The van der Waals surface area contributed by atoms with Gasteiger partial charge in [0.2, 0.25) is 0 Å². The van der Waals surface area contributed by atoms with Crippen LogP contribution in [0.25, 0.3) is 11.0 Å². The Morgan fingerprint density at radius 3 is 2.52 bits per heavy atom. The highest BCUT2D eigenvalue weighted by molar-refractivity contribution is 5.82. The summed E-state index contributed by atoms with van der Waals surface area (Å²) in [6.07, 6.45) is 0. The fraction of sp³-hybridized carbons (Fsp3) is 0.348. The van der Waals surface area contributed by atoms with E-state index in [0.29, 0.717) is 55.2 Å². The Labute approximate surface area is 180 Å². The van der Waals surface area contributed by atoms with Crippen molar-refractivity contribution in [2.24, 2.45) is 0 Å². The van der Waals surface area contributed by atoms with Crippen molar-refractivity contribution >= 4 is 22.7 Å². The standard InChI is InChI=1S/C23H24F2N6/c1-15(2)27-22-23(29-21-11-16(13-26)3-6-20(21)28-22)31-9-7-30(8-10-31)14-17-12-18(24)4-5-19(17)25/h3-6,11-12,15H,7-10,14H2,1-2H3,(H,27,28). The molecule has 1 aliphatic heterocycles. The molecule has 3 aromatic rings. The van der Waals surface area contributed by atoms with Gasteiger partial charge in [-0.25, -0.2) is 18.7 Å². The molecule has 2 heterocycles. The van der Waals surface area contributed by atoms with Gasteiger partial charge in [0.15, 0.2) is 11.6 Å². The molecule has 8 heteroatoms. The summed E-state index contributed by atoms with van der Waals surface area (Å²) in [5.74, 6) is 0.633. The number of anilines is 2. The maximum absolute atomic E-state index is 14.0. The Balaban J connectivity index is 1.55. The average molecular weight is 422 g/mol. The molecule has 6 nitrogen and oxygen atoms in total. The van der Waals surface area contributed by atoms with Gasteiger partial charge in [-0.15, -0.1) is 0 Å². The van der Waals surface area contributed by atoms with Crippen LogP contribution in [0.4, 0.5) is 20.4 Å². The zero-order valence-corrected chi connectivity index (χ0v) is 17.6. The van der Waals surface area contributed by atoms with Gasteiger partial charge in [0.05, 0.1) is 22.7 Å². The number of nitriles is 1. The van der Waals surface area contributed by atoms with Crippen molar-refractivity contribution in [3.8, 4) is 6.07 Å². The predicted molar refractivity (Wildman–Crippen MR) is 117 cm³/mol. The van der Waals surface area contributed by atoms with Crippen molar-refractivity contribution in [3.05, 3.63) is 59.2 Å². The van der Waals surface area contributed by atoms with Crippen molar-refractivity contribution in [1.82, 2.24) is 14.9 Å². The van der Waals surface area contributed by atoms with Crippen LogP contribution in [0.3, 0.4) is 0 Å². The number of hydrogen-bond acceptors (Lipinski definition) is 6. The zero-order valence-electron chi connectivity index (χ0n) is 17.6. The molecule has 0 amide bonds. The molecule has 0 spiro atoms. The summed E-state index contributed by atoms with van der Waals surface area (Å²) in [5.41, 5.74) is 2.31. The number of fused-ring (bicyclic) bond motifs is 1. The van der Waals surface area contributed by atoms with Crippen molar-refractivity contribution in [1.29, 1.82) is 5.26 Å². The Hall–Kier alpha value is -3.31. The normalized spacial score (nSPS) is 14.8. The number of piperazine rings is 1. The maximum atomic E-state index is 14.0. The van der Waals surface area contributed by atoms with Crippen LogP contribution in [-0.4, -0.2) is 47.1 Å². The molecule has 0 unspecified atom stereocenters. The van der Waals surface area contributed by atoms with E-state index >= 15 is 0 Å². The van der Waals surface area contributed by atoms with Gasteiger partial charge in [-0.05, 0) is 50.2 Å². The highest BCUT2D eigenvalue weighted by Crippen LogP contribution is 2.27. The fourth-order valence-electron chi connectivity index (χ4n) is 3.73. The van der Waals surface area contributed by atoms with Crippen molar-refractivity contribution < 1.29 is 8.78 Å². The zero-order chi connectivity index (χ0) is 22.0. The van der Waals surface area contributed by atoms with Crippen LogP contribution < -0.4 is 10.2 Å². The van der Waals surface area contributed by atoms with E-state index in [1.807, 2.05) is 19.9 Å². The van der Waals surface area contributed by atoms with Crippen LogP contribution in [0, 0.1) is 23.0 Å². The first-order chi connectivity index (χ1) is 14.9. The SMILES string of the molecule is CC(C)Nc1nc2ccc(C#N)cc2nc1N1CCN(Cc2cc(F)ccc2F)CC1.